The lowest BCUT2D eigenvalue weighted by Crippen LogP contribution is -2.30. The third kappa shape index (κ3) is 5.83. The van der Waals surface area contributed by atoms with E-state index in [2.05, 4.69) is 5.32 Å². The molecule has 0 aliphatic heterocycles. The number of carbonyl (C=O) groups is 2. The number of unbranched alkanes of at least 4 members (excludes halogenated alkanes) is 1. The summed E-state index contributed by atoms with van der Waals surface area (Å²) in [6.45, 7) is 0.514. The fraction of sp³-hybridized carbons (Fsp3) is 0.467. The van der Waals surface area contributed by atoms with Gasteiger partial charge in [-0.2, -0.15) is 0 Å². The van der Waals surface area contributed by atoms with Gasteiger partial charge in [0.15, 0.2) is 0 Å². The summed E-state index contributed by atoms with van der Waals surface area (Å²) < 4.78 is 0. The van der Waals surface area contributed by atoms with Crippen LogP contribution in [0.3, 0.4) is 0 Å². The molecule has 0 radical (unpaired) electrons. The molecule has 0 heterocycles. The fourth-order valence-electron chi connectivity index (χ4n) is 1.83. The number of hydrogen-bond donors (Lipinski definition) is 3. The Balaban J connectivity index is 2.29. The fourth-order valence-corrected chi connectivity index (χ4v) is 1.83. The molecule has 0 aliphatic carbocycles. The molecular weight excluding hydrogens is 270 g/mol. The molecule has 1 aromatic rings. The Hall–Kier alpha value is -2.08. The Kier molecular flexibility index (Phi) is 6.68. The molecule has 6 nitrogen and oxygen atoms in total. The van der Waals surface area contributed by atoms with Gasteiger partial charge in [-0.05, 0) is 43.5 Å². The predicted octanol–water partition coefficient (Wildman–Crippen LogP) is 1.06. The number of carboxylic acids is 1. The number of benzene rings is 1. The zero-order valence-corrected chi connectivity index (χ0v) is 12.5. The van der Waals surface area contributed by atoms with Gasteiger partial charge in [-0.25, -0.2) is 0 Å². The highest BCUT2D eigenvalue weighted by Gasteiger charge is 2.10. The van der Waals surface area contributed by atoms with Crippen molar-refractivity contribution in [2.75, 3.05) is 25.5 Å². The van der Waals surface area contributed by atoms with E-state index in [1.807, 2.05) is 31.1 Å². The number of nitrogens with one attached hydrogen (secondary N) is 1. The topological polar surface area (TPSA) is 95.7 Å². The van der Waals surface area contributed by atoms with Crippen LogP contribution in [0.5, 0.6) is 0 Å². The van der Waals surface area contributed by atoms with Gasteiger partial charge in [0.05, 0.1) is 0 Å². The van der Waals surface area contributed by atoms with Crippen molar-refractivity contribution in [1.82, 2.24) is 5.32 Å². The van der Waals surface area contributed by atoms with Gasteiger partial charge in [-0.3, -0.25) is 9.59 Å². The normalized spacial score (nSPS) is 11.8. The van der Waals surface area contributed by atoms with E-state index in [4.69, 9.17) is 10.8 Å². The van der Waals surface area contributed by atoms with Gasteiger partial charge >= 0.3 is 5.97 Å². The molecule has 0 aliphatic rings. The summed E-state index contributed by atoms with van der Waals surface area (Å²) in [5.41, 5.74) is 7.05. The van der Waals surface area contributed by atoms with Gasteiger partial charge in [-0.15, -0.1) is 0 Å². The Labute approximate surface area is 124 Å². The molecule has 1 amide bonds. The van der Waals surface area contributed by atoms with Gasteiger partial charge in [0.1, 0.15) is 6.04 Å². The molecule has 0 spiro atoms. The average Bonchev–Trinajstić information content (AvgIpc) is 2.46. The molecule has 21 heavy (non-hydrogen) atoms. The van der Waals surface area contributed by atoms with Gasteiger partial charge in [-0.1, -0.05) is 0 Å². The van der Waals surface area contributed by atoms with Crippen molar-refractivity contribution in [2.45, 2.75) is 25.3 Å². The molecule has 1 atom stereocenters. The SMILES string of the molecule is CN(C)c1ccc(C(=O)NCCCC[C@H](N)C(=O)O)cc1. The largest absolute Gasteiger partial charge is 0.480 e. The quantitative estimate of drug-likeness (QED) is 0.623. The zero-order chi connectivity index (χ0) is 15.8. The monoisotopic (exact) mass is 293 g/mol. The van der Waals surface area contributed by atoms with Crippen molar-refractivity contribution >= 4 is 17.6 Å². The predicted molar refractivity (Wildman–Crippen MR) is 82.6 cm³/mol. The number of carboxylic acid groups (broad SMARTS) is 1. The smallest absolute Gasteiger partial charge is 0.320 e. The van der Waals surface area contributed by atoms with Crippen molar-refractivity contribution in [3.8, 4) is 0 Å². The first kappa shape index (κ1) is 17.0. The number of nitrogens with zero attached hydrogens (tertiary/aromatic N) is 1. The van der Waals surface area contributed by atoms with E-state index in [0.29, 0.717) is 31.4 Å². The number of amides is 1. The second-order valence-electron chi connectivity index (χ2n) is 5.14. The summed E-state index contributed by atoms with van der Waals surface area (Å²) in [5, 5.41) is 11.4. The van der Waals surface area contributed by atoms with Crippen LogP contribution in [0, 0.1) is 0 Å². The van der Waals surface area contributed by atoms with Crippen LogP contribution >= 0.6 is 0 Å². The summed E-state index contributed by atoms with van der Waals surface area (Å²) in [5.74, 6) is -1.11. The summed E-state index contributed by atoms with van der Waals surface area (Å²) in [6.07, 6.45) is 1.80. The van der Waals surface area contributed by atoms with Gasteiger partial charge in [0.2, 0.25) is 0 Å². The van der Waals surface area contributed by atoms with Crippen LogP contribution in [0.2, 0.25) is 0 Å². The minimum atomic E-state index is -0.986. The van der Waals surface area contributed by atoms with Crippen LogP contribution in [-0.4, -0.2) is 43.7 Å². The average molecular weight is 293 g/mol. The number of anilines is 1. The van der Waals surface area contributed by atoms with Crippen molar-refractivity contribution < 1.29 is 14.7 Å². The Morgan fingerprint density at radius 1 is 1.24 bits per heavy atom. The minimum absolute atomic E-state index is 0.122. The Morgan fingerprint density at radius 2 is 1.86 bits per heavy atom. The zero-order valence-electron chi connectivity index (χ0n) is 12.5. The first-order valence-electron chi connectivity index (χ1n) is 6.96. The van der Waals surface area contributed by atoms with Gasteiger partial charge in [0, 0.05) is 31.9 Å². The van der Waals surface area contributed by atoms with Crippen LogP contribution in [0.4, 0.5) is 5.69 Å². The third-order valence-electron chi connectivity index (χ3n) is 3.19. The number of rotatable bonds is 8. The molecule has 0 fully saturated rings. The summed E-state index contributed by atoms with van der Waals surface area (Å²) in [7, 11) is 3.88. The Morgan fingerprint density at radius 3 is 2.38 bits per heavy atom. The highest BCUT2D eigenvalue weighted by molar-refractivity contribution is 5.94. The highest BCUT2D eigenvalue weighted by atomic mass is 16.4. The number of aliphatic carboxylic acids is 1. The first-order chi connectivity index (χ1) is 9.91. The maximum Gasteiger partial charge on any atom is 0.320 e. The molecule has 0 aromatic heterocycles. The molecular formula is C15H23N3O3. The third-order valence-corrected chi connectivity index (χ3v) is 3.19. The number of carbonyl (C=O) groups excluding carboxylic acids is 1. The Bertz CT molecular complexity index is 472. The van der Waals surface area contributed by atoms with E-state index >= 15 is 0 Å². The van der Waals surface area contributed by atoms with E-state index < -0.39 is 12.0 Å². The molecule has 4 N–H and O–H groups in total. The second kappa shape index (κ2) is 8.26. The van der Waals surface area contributed by atoms with Crippen molar-refractivity contribution in [2.24, 2.45) is 5.73 Å². The maximum absolute atomic E-state index is 11.9. The van der Waals surface area contributed by atoms with E-state index in [9.17, 15) is 9.59 Å². The molecule has 6 heteroatoms. The van der Waals surface area contributed by atoms with E-state index in [0.717, 1.165) is 5.69 Å². The van der Waals surface area contributed by atoms with Crippen LogP contribution in [0.1, 0.15) is 29.6 Å². The minimum Gasteiger partial charge on any atom is -0.480 e. The number of hydrogen-bond acceptors (Lipinski definition) is 4. The summed E-state index contributed by atoms with van der Waals surface area (Å²) in [6, 6.07) is 6.52. The van der Waals surface area contributed by atoms with E-state index in [-0.39, 0.29) is 5.91 Å². The van der Waals surface area contributed by atoms with Crippen molar-refractivity contribution in [3.05, 3.63) is 29.8 Å². The number of nitrogens with two attached hydrogens (primary N) is 1. The van der Waals surface area contributed by atoms with Crippen LogP contribution in [0.25, 0.3) is 0 Å². The van der Waals surface area contributed by atoms with Crippen molar-refractivity contribution in [3.63, 3.8) is 0 Å². The molecule has 0 saturated carbocycles. The lowest BCUT2D eigenvalue weighted by atomic mass is 10.1. The lowest BCUT2D eigenvalue weighted by molar-refractivity contribution is -0.138. The first-order valence-corrected chi connectivity index (χ1v) is 6.96. The van der Waals surface area contributed by atoms with E-state index in [1.165, 1.54) is 0 Å². The van der Waals surface area contributed by atoms with Gasteiger partial charge < -0.3 is 21.1 Å². The van der Waals surface area contributed by atoms with Crippen LogP contribution < -0.4 is 16.0 Å². The van der Waals surface area contributed by atoms with Crippen LogP contribution in [-0.2, 0) is 4.79 Å². The standard InChI is InChI=1S/C15H23N3O3/c1-18(2)12-8-6-11(7-9-12)14(19)17-10-4-3-5-13(16)15(20)21/h6-9,13H,3-5,10,16H2,1-2H3,(H,17,19)(H,20,21)/t13-/m0/s1. The van der Waals surface area contributed by atoms with E-state index in [1.54, 1.807) is 12.1 Å². The molecule has 0 bridgehead atoms. The molecule has 1 rings (SSSR count). The van der Waals surface area contributed by atoms with Crippen molar-refractivity contribution in [1.29, 1.82) is 0 Å². The highest BCUT2D eigenvalue weighted by Crippen LogP contribution is 2.12. The summed E-state index contributed by atoms with van der Waals surface area (Å²) in [4.78, 5) is 24.4. The summed E-state index contributed by atoms with van der Waals surface area (Å²) >= 11 is 0. The molecule has 0 unspecified atom stereocenters. The lowest BCUT2D eigenvalue weighted by Gasteiger charge is -2.12. The van der Waals surface area contributed by atoms with Gasteiger partial charge in [0.25, 0.3) is 5.91 Å². The van der Waals surface area contributed by atoms with Crippen LogP contribution in [0.15, 0.2) is 24.3 Å². The molecule has 1 aromatic carbocycles. The molecule has 0 saturated heterocycles. The molecule has 116 valence electrons. The second-order valence-corrected chi connectivity index (χ2v) is 5.14. The maximum atomic E-state index is 11.9.